The van der Waals surface area contributed by atoms with Gasteiger partial charge in [0.2, 0.25) is 0 Å². The summed E-state index contributed by atoms with van der Waals surface area (Å²) >= 11 is 0. The Morgan fingerprint density at radius 3 is 2.24 bits per heavy atom. The topological polar surface area (TPSA) is 37.3 Å². The lowest BCUT2D eigenvalue weighted by molar-refractivity contribution is -0.00234. The Kier molecular flexibility index (Phi) is 3.89. The second-order valence-corrected chi connectivity index (χ2v) is 5.83. The molecular formula is C19H20O2. The zero-order valence-corrected chi connectivity index (χ0v) is 12.0. The molecule has 1 fully saturated rings. The summed E-state index contributed by atoms with van der Waals surface area (Å²) < 4.78 is 0. The minimum atomic E-state index is -1.28. The van der Waals surface area contributed by atoms with Crippen LogP contribution in [0.3, 0.4) is 0 Å². The molecule has 3 rings (SSSR count). The van der Waals surface area contributed by atoms with Crippen molar-refractivity contribution in [2.24, 2.45) is 0 Å². The summed E-state index contributed by atoms with van der Waals surface area (Å²) in [4.78, 5) is 12.9. The summed E-state index contributed by atoms with van der Waals surface area (Å²) in [5, 5.41) is 11.2. The molecule has 0 amide bonds. The van der Waals surface area contributed by atoms with Crippen molar-refractivity contribution in [2.75, 3.05) is 0 Å². The summed E-state index contributed by atoms with van der Waals surface area (Å²) in [6, 6.07) is 19.1. The molecule has 0 aliphatic heterocycles. The third-order valence-corrected chi connectivity index (χ3v) is 4.51. The van der Waals surface area contributed by atoms with E-state index in [1.165, 1.54) is 0 Å². The van der Waals surface area contributed by atoms with Gasteiger partial charge in [0, 0.05) is 11.5 Å². The Hall–Kier alpha value is -1.93. The Bertz CT molecular complexity index is 606. The molecule has 0 spiro atoms. The predicted octanol–water partition coefficient (Wildman–Crippen LogP) is 3.96. The van der Waals surface area contributed by atoms with Crippen molar-refractivity contribution >= 4 is 5.78 Å². The van der Waals surface area contributed by atoms with Crippen LogP contribution < -0.4 is 0 Å². The van der Waals surface area contributed by atoms with Gasteiger partial charge in [-0.1, -0.05) is 73.5 Å². The highest BCUT2D eigenvalue weighted by Crippen LogP contribution is 2.42. The normalized spacial score (nSPS) is 25.5. The standard InChI is InChI=1S/C19H20O2/c20-18(16-11-5-2-6-12-16)19(21)14-8-7-13-17(19)15-9-3-1-4-10-15/h1-6,9-12,17,21H,7-8,13-14H2. The van der Waals surface area contributed by atoms with E-state index < -0.39 is 5.60 Å². The van der Waals surface area contributed by atoms with Crippen LogP contribution in [0.1, 0.15) is 47.5 Å². The largest absolute Gasteiger partial charge is 0.381 e. The van der Waals surface area contributed by atoms with E-state index in [4.69, 9.17) is 0 Å². The van der Waals surface area contributed by atoms with Gasteiger partial charge in [-0.3, -0.25) is 4.79 Å². The lowest BCUT2D eigenvalue weighted by atomic mass is 9.69. The number of aliphatic hydroxyl groups is 1. The zero-order valence-electron chi connectivity index (χ0n) is 12.0. The fourth-order valence-corrected chi connectivity index (χ4v) is 3.39. The zero-order chi connectivity index (χ0) is 14.7. The van der Waals surface area contributed by atoms with Crippen LogP contribution in [-0.4, -0.2) is 16.5 Å². The van der Waals surface area contributed by atoms with Gasteiger partial charge < -0.3 is 5.11 Å². The highest BCUT2D eigenvalue weighted by molar-refractivity contribution is 6.03. The van der Waals surface area contributed by atoms with Crippen molar-refractivity contribution < 1.29 is 9.90 Å². The van der Waals surface area contributed by atoms with Crippen LogP contribution >= 0.6 is 0 Å². The third-order valence-electron chi connectivity index (χ3n) is 4.51. The van der Waals surface area contributed by atoms with Gasteiger partial charge in [0.1, 0.15) is 5.60 Å². The quantitative estimate of drug-likeness (QED) is 0.864. The number of Topliss-reactive ketones (excluding diaryl/α,β-unsaturated/α-hetero) is 1. The van der Waals surface area contributed by atoms with Crippen LogP contribution in [0.5, 0.6) is 0 Å². The number of hydrogen-bond acceptors (Lipinski definition) is 2. The molecule has 1 aliphatic carbocycles. The molecule has 2 aromatic rings. The van der Waals surface area contributed by atoms with E-state index in [0.717, 1.165) is 24.8 Å². The predicted molar refractivity (Wildman–Crippen MR) is 83.4 cm³/mol. The summed E-state index contributed by atoms with van der Waals surface area (Å²) in [5.41, 5.74) is 0.382. The minimum Gasteiger partial charge on any atom is -0.381 e. The van der Waals surface area contributed by atoms with Crippen LogP contribution in [0, 0.1) is 0 Å². The van der Waals surface area contributed by atoms with E-state index in [2.05, 4.69) is 0 Å². The van der Waals surface area contributed by atoms with Crippen molar-refractivity contribution in [3.8, 4) is 0 Å². The molecule has 108 valence electrons. The molecule has 0 radical (unpaired) electrons. The fraction of sp³-hybridized carbons (Fsp3) is 0.316. The summed E-state index contributed by atoms with van der Waals surface area (Å²) in [7, 11) is 0. The maximum absolute atomic E-state index is 12.9. The molecule has 2 heteroatoms. The molecule has 0 bridgehead atoms. The van der Waals surface area contributed by atoms with Gasteiger partial charge in [-0.15, -0.1) is 0 Å². The van der Waals surface area contributed by atoms with Crippen molar-refractivity contribution in [1.82, 2.24) is 0 Å². The molecule has 0 aromatic heterocycles. The van der Waals surface area contributed by atoms with Gasteiger partial charge in [0.15, 0.2) is 5.78 Å². The average molecular weight is 280 g/mol. The second-order valence-electron chi connectivity index (χ2n) is 5.83. The molecule has 2 unspecified atom stereocenters. The SMILES string of the molecule is O=C(c1ccccc1)C1(O)CCCCC1c1ccccc1. The maximum atomic E-state index is 12.9. The molecular weight excluding hydrogens is 260 g/mol. The number of carbonyl (C=O) groups is 1. The number of ketones is 1. The first kappa shape index (κ1) is 14.0. The maximum Gasteiger partial charge on any atom is 0.194 e. The van der Waals surface area contributed by atoms with Crippen LogP contribution in [0.4, 0.5) is 0 Å². The Labute approximate surface area is 125 Å². The fourth-order valence-electron chi connectivity index (χ4n) is 3.39. The van der Waals surface area contributed by atoms with E-state index in [1.807, 2.05) is 48.5 Å². The molecule has 2 aromatic carbocycles. The highest BCUT2D eigenvalue weighted by atomic mass is 16.3. The first-order valence-electron chi connectivity index (χ1n) is 7.59. The Morgan fingerprint density at radius 2 is 1.57 bits per heavy atom. The summed E-state index contributed by atoms with van der Waals surface area (Å²) in [6.45, 7) is 0. The molecule has 1 saturated carbocycles. The van der Waals surface area contributed by atoms with E-state index in [9.17, 15) is 9.90 Å². The van der Waals surface area contributed by atoms with E-state index >= 15 is 0 Å². The number of hydrogen-bond donors (Lipinski definition) is 1. The molecule has 1 N–H and O–H groups in total. The van der Waals surface area contributed by atoms with Gasteiger partial charge in [-0.25, -0.2) is 0 Å². The third kappa shape index (κ3) is 2.64. The number of benzene rings is 2. The van der Waals surface area contributed by atoms with Crippen molar-refractivity contribution in [3.05, 3.63) is 71.8 Å². The van der Waals surface area contributed by atoms with Gasteiger partial charge >= 0.3 is 0 Å². The number of rotatable bonds is 3. The van der Waals surface area contributed by atoms with Crippen LogP contribution in [0.25, 0.3) is 0 Å². The van der Waals surface area contributed by atoms with Gasteiger partial charge in [0.25, 0.3) is 0 Å². The summed E-state index contributed by atoms with van der Waals surface area (Å²) in [6.07, 6.45) is 3.36. The molecule has 1 aliphatic rings. The molecule has 0 saturated heterocycles. The van der Waals surface area contributed by atoms with E-state index in [1.54, 1.807) is 12.1 Å². The minimum absolute atomic E-state index is 0.111. The smallest absolute Gasteiger partial charge is 0.194 e. The van der Waals surface area contributed by atoms with Crippen LogP contribution in [0.2, 0.25) is 0 Å². The molecule has 0 heterocycles. The van der Waals surface area contributed by atoms with Crippen molar-refractivity contribution in [3.63, 3.8) is 0 Å². The Morgan fingerprint density at radius 1 is 0.952 bits per heavy atom. The van der Waals surface area contributed by atoms with E-state index in [0.29, 0.717) is 12.0 Å². The van der Waals surface area contributed by atoms with Gasteiger partial charge in [-0.05, 0) is 18.4 Å². The molecule has 2 atom stereocenters. The van der Waals surface area contributed by atoms with Crippen LogP contribution in [0.15, 0.2) is 60.7 Å². The first-order chi connectivity index (χ1) is 10.2. The monoisotopic (exact) mass is 280 g/mol. The van der Waals surface area contributed by atoms with Crippen molar-refractivity contribution in [1.29, 1.82) is 0 Å². The van der Waals surface area contributed by atoms with Crippen LogP contribution in [-0.2, 0) is 0 Å². The van der Waals surface area contributed by atoms with Gasteiger partial charge in [-0.2, -0.15) is 0 Å². The first-order valence-corrected chi connectivity index (χ1v) is 7.59. The summed E-state index contributed by atoms with van der Waals surface area (Å²) in [5.74, 6) is -0.253. The lowest BCUT2D eigenvalue weighted by Crippen LogP contribution is -2.46. The highest BCUT2D eigenvalue weighted by Gasteiger charge is 2.45. The molecule has 21 heavy (non-hydrogen) atoms. The Balaban J connectivity index is 1.98. The van der Waals surface area contributed by atoms with Gasteiger partial charge in [0.05, 0.1) is 0 Å². The average Bonchev–Trinajstić information content (AvgIpc) is 2.56. The number of carbonyl (C=O) groups excluding carboxylic acids is 1. The lowest BCUT2D eigenvalue weighted by Gasteiger charge is -2.39. The second kappa shape index (κ2) is 5.82. The van der Waals surface area contributed by atoms with Crippen molar-refractivity contribution in [2.45, 2.75) is 37.2 Å². The molecule has 2 nitrogen and oxygen atoms in total. The van der Waals surface area contributed by atoms with E-state index in [-0.39, 0.29) is 11.7 Å².